The summed E-state index contributed by atoms with van der Waals surface area (Å²) in [4.78, 5) is 17.2. The Kier molecular flexibility index (Phi) is 6.24. The van der Waals surface area contributed by atoms with Crippen molar-refractivity contribution in [2.45, 2.75) is 13.5 Å². The van der Waals surface area contributed by atoms with E-state index in [2.05, 4.69) is 11.8 Å². The summed E-state index contributed by atoms with van der Waals surface area (Å²) >= 11 is 6.17. The first-order valence-corrected chi connectivity index (χ1v) is 10.5. The standard InChI is InChI=1S/C25H25ClN2O2/c1-19-10-11-22(26)17-24(19)27-12-14-28(15-13-27)25(29)21-8-5-9-23(16-21)30-18-20-6-3-2-4-7-20/h2-11,16-17H,12-15,18H2,1H3. The highest BCUT2D eigenvalue weighted by Crippen LogP contribution is 2.26. The average molecular weight is 421 g/mol. The van der Waals surface area contributed by atoms with E-state index < -0.39 is 0 Å². The van der Waals surface area contributed by atoms with Gasteiger partial charge in [-0.3, -0.25) is 4.79 Å². The molecule has 1 aliphatic heterocycles. The fraction of sp³-hybridized carbons (Fsp3) is 0.240. The van der Waals surface area contributed by atoms with Crippen molar-refractivity contribution in [2.24, 2.45) is 0 Å². The number of hydrogen-bond donors (Lipinski definition) is 0. The summed E-state index contributed by atoms with van der Waals surface area (Å²) < 4.78 is 5.88. The molecule has 0 saturated carbocycles. The molecule has 0 bridgehead atoms. The van der Waals surface area contributed by atoms with Crippen molar-refractivity contribution in [2.75, 3.05) is 31.1 Å². The second kappa shape index (κ2) is 9.23. The molecule has 1 aliphatic rings. The Balaban J connectivity index is 1.37. The number of amides is 1. The minimum Gasteiger partial charge on any atom is -0.489 e. The summed E-state index contributed by atoms with van der Waals surface area (Å²) in [5.41, 5.74) is 4.10. The largest absolute Gasteiger partial charge is 0.489 e. The number of benzene rings is 3. The third-order valence-corrected chi connectivity index (χ3v) is 5.64. The van der Waals surface area contributed by atoms with E-state index in [-0.39, 0.29) is 5.91 Å². The Morgan fingerprint density at radius 1 is 0.933 bits per heavy atom. The number of rotatable bonds is 5. The lowest BCUT2D eigenvalue weighted by Gasteiger charge is -2.37. The molecule has 1 saturated heterocycles. The Bertz CT molecular complexity index is 1010. The summed E-state index contributed by atoms with van der Waals surface area (Å²) in [5, 5.41) is 0.737. The number of carbonyl (C=O) groups is 1. The number of aryl methyl sites for hydroxylation is 1. The van der Waals surface area contributed by atoms with E-state index in [1.165, 1.54) is 5.56 Å². The third-order valence-electron chi connectivity index (χ3n) is 5.41. The molecule has 4 nitrogen and oxygen atoms in total. The Morgan fingerprint density at radius 3 is 2.47 bits per heavy atom. The zero-order chi connectivity index (χ0) is 20.9. The Hall–Kier alpha value is -2.98. The topological polar surface area (TPSA) is 32.8 Å². The molecule has 0 atom stereocenters. The first-order valence-electron chi connectivity index (χ1n) is 10.2. The second-order valence-electron chi connectivity index (χ2n) is 7.51. The summed E-state index contributed by atoms with van der Waals surface area (Å²) in [6.45, 7) is 5.51. The highest BCUT2D eigenvalue weighted by molar-refractivity contribution is 6.30. The monoisotopic (exact) mass is 420 g/mol. The number of ether oxygens (including phenoxy) is 1. The maximum absolute atomic E-state index is 13.0. The average Bonchev–Trinajstić information content (AvgIpc) is 2.80. The molecule has 5 heteroatoms. The molecule has 0 spiro atoms. The quantitative estimate of drug-likeness (QED) is 0.569. The van der Waals surface area contributed by atoms with Gasteiger partial charge >= 0.3 is 0 Å². The molecule has 30 heavy (non-hydrogen) atoms. The van der Waals surface area contributed by atoms with Gasteiger partial charge in [-0.05, 0) is 48.4 Å². The minimum absolute atomic E-state index is 0.0441. The van der Waals surface area contributed by atoms with Crippen LogP contribution in [0.2, 0.25) is 5.02 Å². The predicted octanol–water partition coefficient (Wildman–Crippen LogP) is 5.19. The van der Waals surface area contributed by atoms with Crippen LogP contribution in [-0.2, 0) is 6.61 Å². The molecule has 0 radical (unpaired) electrons. The highest BCUT2D eigenvalue weighted by atomic mass is 35.5. The van der Waals surface area contributed by atoms with Crippen LogP contribution in [-0.4, -0.2) is 37.0 Å². The molecule has 0 aliphatic carbocycles. The van der Waals surface area contributed by atoms with Gasteiger partial charge in [-0.2, -0.15) is 0 Å². The molecule has 3 aromatic rings. The SMILES string of the molecule is Cc1ccc(Cl)cc1N1CCN(C(=O)c2cccc(OCc3ccccc3)c2)CC1. The van der Waals surface area contributed by atoms with Gasteiger partial charge in [0.05, 0.1) is 0 Å². The van der Waals surface area contributed by atoms with Gasteiger partial charge in [0.15, 0.2) is 0 Å². The summed E-state index contributed by atoms with van der Waals surface area (Å²) in [6, 6.07) is 23.4. The number of hydrogen-bond acceptors (Lipinski definition) is 3. The van der Waals surface area contributed by atoms with Crippen molar-refractivity contribution in [3.8, 4) is 5.75 Å². The van der Waals surface area contributed by atoms with Crippen LogP contribution in [0.1, 0.15) is 21.5 Å². The molecule has 4 rings (SSSR count). The van der Waals surface area contributed by atoms with Gasteiger partial charge in [0.1, 0.15) is 12.4 Å². The Labute approximate surface area is 182 Å². The lowest BCUT2D eigenvalue weighted by molar-refractivity contribution is 0.0746. The van der Waals surface area contributed by atoms with Crippen molar-refractivity contribution in [3.63, 3.8) is 0 Å². The maximum Gasteiger partial charge on any atom is 0.254 e. The van der Waals surface area contributed by atoms with Gasteiger partial charge in [-0.25, -0.2) is 0 Å². The minimum atomic E-state index is 0.0441. The smallest absolute Gasteiger partial charge is 0.254 e. The van der Waals surface area contributed by atoms with Crippen LogP contribution in [0.3, 0.4) is 0 Å². The van der Waals surface area contributed by atoms with E-state index in [9.17, 15) is 4.79 Å². The van der Waals surface area contributed by atoms with Crippen LogP contribution < -0.4 is 9.64 Å². The fourth-order valence-electron chi connectivity index (χ4n) is 3.72. The predicted molar refractivity (Wildman–Crippen MR) is 122 cm³/mol. The van der Waals surface area contributed by atoms with Gasteiger partial charge in [0, 0.05) is 42.5 Å². The number of carbonyl (C=O) groups excluding carboxylic acids is 1. The molecule has 154 valence electrons. The van der Waals surface area contributed by atoms with Crippen LogP contribution in [0, 0.1) is 6.92 Å². The third kappa shape index (κ3) is 4.77. The highest BCUT2D eigenvalue weighted by Gasteiger charge is 2.23. The molecule has 0 aromatic heterocycles. The molecule has 1 fully saturated rings. The normalized spacial score (nSPS) is 13.9. The second-order valence-corrected chi connectivity index (χ2v) is 7.95. The first kappa shape index (κ1) is 20.3. The summed E-state index contributed by atoms with van der Waals surface area (Å²) in [5.74, 6) is 0.750. The molecule has 0 N–H and O–H groups in total. The van der Waals surface area contributed by atoms with E-state index in [0.717, 1.165) is 29.4 Å². The van der Waals surface area contributed by atoms with Gasteiger partial charge in [0.25, 0.3) is 5.91 Å². The molecule has 3 aromatic carbocycles. The van der Waals surface area contributed by atoms with Crippen molar-refractivity contribution in [1.82, 2.24) is 4.90 Å². The lowest BCUT2D eigenvalue weighted by Crippen LogP contribution is -2.49. The summed E-state index contributed by atoms with van der Waals surface area (Å²) in [6.07, 6.45) is 0. The van der Waals surface area contributed by atoms with E-state index >= 15 is 0 Å². The van der Waals surface area contributed by atoms with Crippen LogP contribution >= 0.6 is 11.6 Å². The zero-order valence-corrected chi connectivity index (χ0v) is 17.8. The van der Waals surface area contributed by atoms with Crippen molar-refractivity contribution >= 4 is 23.2 Å². The van der Waals surface area contributed by atoms with E-state index in [1.54, 1.807) is 0 Å². The number of nitrogens with zero attached hydrogens (tertiary/aromatic N) is 2. The molecular weight excluding hydrogens is 396 g/mol. The van der Waals surface area contributed by atoms with Gasteiger partial charge < -0.3 is 14.5 Å². The van der Waals surface area contributed by atoms with Gasteiger partial charge in [-0.15, -0.1) is 0 Å². The fourth-order valence-corrected chi connectivity index (χ4v) is 3.88. The molecule has 1 heterocycles. The number of piperazine rings is 1. The molecule has 1 amide bonds. The zero-order valence-electron chi connectivity index (χ0n) is 17.1. The number of anilines is 1. The Morgan fingerprint density at radius 2 is 1.70 bits per heavy atom. The van der Waals surface area contributed by atoms with Crippen molar-refractivity contribution in [1.29, 1.82) is 0 Å². The van der Waals surface area contributed by atoms with E-state index in [1.807, 2.05) is 77.7 Å². The van der Waals surface area contributed by atoms with Crippen molar-refractivity contribution < 1.29 is 9.53 Å². The van der Waals surface area contributed by atoms with Crippen LogP contribution in [0.5, 0.6) is 5.75 Å². The van der Waals surface area contributed by atoms with Crippen molar-refractivity contribution in [3.05, 3.63) is 94.5 Å². The maximum atomic E-state index is 13.0. The van der Waals surface area contributed by atoms with Crippen LogP contribution in [0.4, 0.5) is 5.69 Å². The van der Waals surface area contributed by atoms with Gasteiger partial charge in [0.2, 0.25) is 0 Å². The van der Waals surface area contributed by atoms with E-state index in [0.29, 0.717) is 31.0 Å². The van der Waals surface area contributed by atoms with Crippen LogP contribution in [0.15, 0.2) is 72.8 Å². The number of halogens is 1. The summed E-state index contributed by atoms with van der Waals surface area (Å²) in [7, 11) is 0. The van der Waals surface area contributed by atoms with E-state index in [4.69, 9.17) is 16.3 Å². The molecular formula is C25H25ClN2O2. The van der Waals surface area contributed by atoms with Gasteiger partial charge in [-0.1, -0.05) is 54.1 Å². The molecule has 0 unspecified atom stereocenters. The first-order chi connectivity index (χ1) is 14.6. The van der Waals surface area contributed by atoms with Crippen LogP contribution in [0.25, 0.3) is 0 Å². The lowest BCUT2D eigenvalue weighted by atomic mass is 10.1.